The fourth-order valence-electron chi connectivity index (χ4n) is 1.77. The lowest BCUT2D eigenvalue weighted by molar-refractivity contribution is -0.0208. The van der Waals surface area contributed by atoms with Crippen molar-refractivity contribution in [3.05, 3.63) is 23.3 Å². The number of halogens is 1. The summed E-state index contributed by atoms with van der Waals surface area (Å²) < 4.78 is 27.8. The molecule has 0 amide bonds. The first kappa shape index (κ1) is 10.7. The van der Waals surface area contributed by atoms with Crippen LogP contribution in [0.25, 0.3) is 0 Å². The van der Waals surface area contributed by atoms with Crippen LogP contribution in [0.5, 0.6) is 11.5 Å². The molecule has 1 aliphatic rings. The summed E-state index contributed by atoms with van der Waals surface area (Å²) in [5.41, 5.74) is 0.737. The van der Waals surface area contributed by atoms with Crippen molar-refractivity contribution in [1.29, 1.82) is 0 Å². The highest BCUT2D eigenvalue weighted by molar-refractivity contribution is 5.96. The number of hydrogen-bond donors (Lipinski definition) is 0. The second kappa shape index (κ2) is 4.00. The van der Waals surface area contributed by atoms with Crippen molar-refractivity contribution in [2.75, 3.05) is 14.2 Å². The lowest BCUT2D eigenvalue weighted by Gasteiger charge is -2.22. The van der Waals surface area contributed by atoms with Gasteiger partial charge < -0.3 is 14.2 Å². The fourth-order valence-corrected chi connectivity index (χ4v) is 1.77. The molecule has 0 saturated carbocycles. The largest absolute Gasteiger partial charge is 0.496 e. The standard InChI is InChI=1S/C11H11FO4/c1-14-7-3-4-8(15-2)10-6(7)5-9(12)16-11(10)13/h3-4,9H,5H2,1-2H3. The number of cyclic esters (lactones) is 1. The third kappa shape index (κ3) is 1.58. The Kier molecular flexibility index (Phi) is 2.68. The van der Waals surface area contributed by atoms with E-state index in [1.807, 2.05) is 0 Å². The second-order valence-electron chi connectivity index (χ2n) is 3.34. The van der Waals surface area contributed by atoms with Crippen LogP contribution in [0.4, 0.5) is 4.39 Å². The topological polar surface area (TPSA) is 44.8 Å². The Hall–Kier alpha value is -1.78. The highest BCUT2D eigenvalue weighted by Gasteiger charge is 2.31. The maximum absolute atomic E-state index is 13.1. The van der Waals surface area contributed by atoms with Gasteiger partial charge in [0.05, 0.1) is 14.2 Å². The monoisotopic (exact) mass is 226 g/mol. The number of rotatable bonds is 2. The molecule has 1 aliphatic heterocycles. The van der Waals surface area contributed by atoms with Gasteiger partial charge in [-0.25, -0.2) is 9.18 Å². The summed E-state index contributed by atoms with van der Waals surface area (Å²) in [6.07, 6.45) is -1.64. The van der Waals surface area contributed by atoms with Crippen molar-refractivity contribution in [2.24, 2.45) is 0 Å². The molecule has 1 aromatic carbocycles. The van der Waals surface area contributed by atoms with Gasteiger partial charge in [0.2, 0.25) is 6.36 Å². The van der Waals surface area contributed by atoms with Crippen LogP contribution < -0.4 is 9.47 Å². The van der Waals surface area contributed by atoms with E-state index in [1.54, 1.807) is 12.1 Å². The number of methoxy groups -OCH3 is 2. The van der Waals surface area contributed by atoms with E-state index < -0.39 is 12.3 Å². The van der Waals surface area contributed by atoms with Gasteiger partial charge in [-0.05, 0) is 12.1 Å². The lowest BCUT2D eigenvalue weighted by atomic mass is 10.00. The second-order valence-corrected chi connectivity index (χ2v) is 3.34. The van der Waals surface area contributed by atoms with Gasteiger partial charge in [0.15, 0.2) is 0 Å². The SMILES string of the molecule is COc1ccc(OC)c2c1CC(F)OC2=O. The molecule has 86 valence electrons. The number of esters is 1. The molecule has 0 bridgehead atoms. The van der Waals surface area contributed by atoms with Crippen molar-refractivity contribution >= 4 is 5.97 Å². The Balaban J connectivity index is 2.61. The first-order chi connectivity index (χ1) is 7.67. The van der Waals surface area contributed by atoms with Gasteiger partial charge in [-0.2, -0.15) is 0 Å². The molecule has 1 aromatic rings. The van der Waals surface area contributed by atoms with Crippen molar-refractivity contribution in [3.8, 4) is 11.5 Å². The third-order valence-electron chi connectivity index (χ3n) is 2.48. The number of benzene rings is 1. The molecule has 4 nitrogen and oxygen atoms in total. The predicted molar refractivity (Wildman–Crippen MR) is 53.6 cm³/mol. The van der Waals surface area contributed by atoms with E-state index >= 15 is 0 Å². The zero-order valence-corrected chi connectivity index (χ0v) is 8.95. The molecule has 1 atom stereocenters. The van der Waals surface area contributed by atoms with Crippen molar-refractivity contribution in [1.82, 2.24) is 0 Å². The Labute approximate surface area is 91.9 Å². The smallest absolute Gasteiger partial charge is 0.344 e. The van der Waals surface area contributed by atoms with Crippen LogP contribution in [0, 0.1) is 0 Å². The molecule has 2 rings (SSSR count). The van der Waals surface area contributed by atoms with Crippen LogP contribution in [0.2, 0.25) is 0 Å². The Bertz CT molecular complexity index is 430. The van der Waals surface area contributed by atoms with Gasteiger partial charge in [-0.1, -0.05) is 0 Å². The summed E-state index contributed by atoms with van der Waals surface area (Å²) in [5.74, 6) is 0.118. The third-order valence-corrected chi connectivity index (χ3v) is 2.48. The van der Waals surface area contributed by atoms with E-state index in [-0.39, 0.29) is 12.0 Å². The van der Waals surface area contributed by atoms with E-state index in [1.165, 1.54) is 14.2 Å². The molecule has 0 saturated heterocycles. The first-order valence-electron chi connectivity index (χ1n) is 4.76. The van der Waals surface area contributed by atoms with Crippen molar-refractivity contribution in [3.63, 3.8) is 0 Å². The van der Waals surface area contributed by atoms with Gasteiger partial charge >= 0.3 is 5.97 Å². The minimum Gasteiger partial charge on any atom is -0.496 e. The van der Waals surface area contributed by atoms with E-state index in [0.29, 0.717) is 17.1 Å². The zero-order valence-electron chi connectivity index (χ0n) is 8.95. The number of ether oxygens (including phenoxy) is 3. The molecule has 16 heavy (non-hydrogen) atoms. The molecule has 1 heterocycles. The minimum absolute atomic E-state index is 0.0125. The average molecular weight is 226 g/mol. The summed E-state index contributed by atoms with van der Waals surface area (Å²) in [4.78, 5) is 11.5. The summed E-state index contributed by atoms with van der Waals surface area (Å²) in [7, 11) is 2.91. The van der Waals surface area contributed by atoms with Crippen LogP contribution in [0.3, 0.4) is 0 Å². The Morgan fingerprint density at radius 2 is 1.94 bits per heavy atom. The van der Waals surface area contributed by atoms with Crippen LogP contribution in [-0.2, 0) is 11.2 Å². The summed E-state index contributed by atoms with van der Waals surface area (Å²) in [6, 6.07) is 3.24. The molecule has 0 N–H and O–H groups in total. The summed E-state index contributed by atoms with van der Waals surface area (Å²) >= 11 is 0. The highest BCUT2D eigenvalue weighted by Crippen LogP contribution is 2.35. The minimum atomic E-state index is -1.62. The molecule has 0 aromatic heterocycles. The Morgan fingerprint density at radius 3 is 2.56 bits per heavy atom. The van der Waals surface area contributed by atoms with Crippen LogP contribution in [0.1, 0.15) is 15.9 Å². The first-order valence-corrected chi connectivity index (χ1v) is 4.76. The van der Waals surface area contributed by atoms with Gasteiger partial charge in [0.25, 0.3) is 0 Å². The van der Waals surface area contributed by atoms with E-state index in [9.17, 15) is 9.18 Å². The number of carbonyl (C=O) groups excluding carboxylic acids is 1. The lowest BCUT2D eigenvalue weighted by Crippen LogP contribution is -2.25. The zero-order chi connectivity index (χ0) is 11.7. The number of fused-ring (bicyclic) bond motifs is 1. The molecule has 0 spiro atoms. The van der Waals surface area contributed by atoms with Gasteiger partial charge in [-0.15, -0.1) is 0 Å². The van der Waals surface area contributed by atoms with Crippen LogP contribution >= 0.6 is 0 Å². The molecule has 0 aliphatic carbocycles. The number of carbonyl (C=O) groups is 1. The maximum Gasteiger partial charge on any atom is 0.344 e. The predicted octanol–water partition coefficient (Wildman–Crippen LogP) is 1.71. The van der Waals surface area contributed by atoms with Gasteiger partial charge in [0.1, 0.15) is 17.1 Å². The molecule has 0 fully saturated rings. The van der Waals surface area contributed by atoms with Crippen LogP contribution in [-0.4, -0.2) is 26.5 Å². The number of alkyl halides is 1. The van der Waals surface area contributed by atoms with Crippen molar-refractivity contribution in [2.45, 2.75) is 12.8 Å². The highest BCUT2D eigenvalue weighted by atomic mass is 19.1. The quantitative estimate of drug-likeness (QED) is 0.720. The maximum atomic E-state index is 13.1. The average Bonchev–Trinajstić information content (AvgIpc) is 2.27. The van der Waals surface area contributed by atoms with Crippen molar-refractivity contribution < 1.29 is 23.4 Å². The molecule has 1 unspecified atom stereocenters. The fraction of sp³-hybridized carbons (Fsp3) is 0.364. The molecular weight excluding hydrogens is 215 g/mol. The molecule has 5 heteroatoms. The summed E-state index contributed by atoms with van der Waals surface area (Å²) in [5, 5.41) is 0. The molecular formula is C11H11FO4. The van der Waals surface area contributed by atoms with E-state index in [4.69, 9.17) is 9.47 Å². The Morgan fingerprint density at radius 1 is 1.31 bits per heavy atom. The number of hydrogen-bond acceptors (Lipinski definition) is 4. The van der Waals surface area contributed by atoms with E-state index in [2.05, 4.69) is 4.74 Å². The van der Waals surface area contributed by atoms with Crippen LogP contribution in [0.15, 0.2) is 12.1 Å². The summed E-state index contributed by atoms with van der Waals surface area (Å²) in [6.45, 7) is 0. The van der Waals surface area contributed by atoms with Gasteiger partial charge in [0, 0.05) is 12.0 Å². The normalized spacial score (nSPS) is 18.7. The van der Waals surface area contributed by atoms with Gasteiger partial charge in [-0.3, -0.25) is 0 Å². The van der Waals surface area contributed by atoms with E-state index in [0.717, 1.165) is 0 Å². The molecule has 0 radical (unpaired) electrons.